The predicted molar refractivity (Wildman–Crippen MR) is 124 cm³/mol. The summed E-state index contributed by atoms with van der Waals surface area (Å²) >= 11 is 0. The zero-order valence-corrected chi connectivity index (χ0v) is 19.7. The number of carbonyl (C=O) groups is 1. The Morgan fingerprint density at radius 2 is 1.61 bits per heavy atom. The molecule has 1 heterocycles. The van der Waals surface area contributed by atoms with E-state index in [2.05, 4.69) is 5.32 Å². The number of nitrogens with one attached hydrogen (secondary N) is 1. The molecule has 2 aromatic carbocycles. The molecule has 2 aliphatic rings. The number of carbonyl (C=O) groups excluding carboxylic acids is 1. The maximum absolute atomic E-state index is 14.2. The zero-order chi connectivity index (χ0) is 23.8. The van der Waals surface area contributed by atoms with E-state index in [1.165, 1.54) is 28.9 Å². The van der Waals surface area contributed by atoms with Crippen LogP contribution in [0, 0.1) is 17.6 Å². The summed E-state index contributed by atoms with van der Waals surface area (Å²) in [6, 6.07) is 7.57. The SMILES string of the molecule is CN(C)c1c(F)cc(NC(=O)C2CCN(S(=O)(=O)c3ccc4c(c3)CCCC4)CC2)cc1F. The van der Waals surface area contributed by atoms with Gasteiger partial charge in [0, 0.05) is 38.8 Å². The van der Waals surface area contributed by atoms with Gasteiger partial charge in [-0.25, -0.2) is 17.2 Å². The lowest BCUT2D eigenvalue weighted by Gasteiger charge is -2.31. The van der Waals surface area contributed by atoms with Crippen molar-refractivity contribution in [3.63, 3.8) is 0 Å². The van der Waals surface area contributed by atoms with Gasteiger partial charge in [0.05, 0.1) is 4.90 Å². The summed E-state index contributed by atoms with van der Waals surface area (Å²) < 4.78 is 56.1. The molecular formula is C24H29F2N3O3S. The molecule has 1 aliphatic carbocycles. The van der Waals surface area contributed by atoms with Crippen LogP contribution in [-0.2, 0) is 27.7 Å². The lowest BCUT2D eigenvalue weighted by atomic mass is 9.92. The number of piperidine rings is 1. The normalized spacial score (nSPS) is 17.5. The molecular weight excluding hydrogens is 448 g/mol. The van der Waals surface area contributed by atoms with Gasteiger partial charge in [-0.1, -0.05) is 6.07 Å². The summed E-state index contributed by atoms with van der Waals surface area (Å²) in [5, 5.41) is 2.57. The first-order valence-electron chi connectivity index (χ1n) is 11.3. The molecule has 0 radical (unpaired) electrons. The first-order chi connectivity index (χ1) is 15.7. The van der Waals surface area contributed by atoms with Crippen molar-refractivity contribution in [1.29, 1.82) is 0 Å². The first-order valence-corrected chi connectivity index (χ1v) is 12.7. The Labute approximate surface area is 193 Å². The van der Waals surface area contributed by atoms with Crippen LogP contribution < -0.4 is 10.2 Å². The molecule has 1 fully saturated rings. The maximum atomic E-state index is 14.2. The van der Waals surface area contributed by atoms with Crippen molar-refractivity contribution < 1.29 is 22.0 Å². The molecule has 0 spiro atoms. The van der Waals surface area contributed by atoms with Crippen molar-refractivity contribution in [1.82, 2.24) is 4.31 Å². The number of hydrogen-bond acceptors (Lipinski definition) is 4. The van der Waals surface area contributed by atoms with Crippen LogP contribution in [0.25, 0.3) is 0 Å². The second kappa shape index (κ2) is 9.38. The number of hydrogen-bond donors (Lipinski definition) is 1. The third-order valence-electron chi connectivity index (χ3n) is 6.51. The minimum atomic E-state index is -3.63. The summed E-state index contributed by atoms with van der Waals surface area (Å²) in [5.41, 5.74) is 2.21. The van der Waals surface area contributed by atoms with Gasteiger partial charge in [-0.3, -0.25) is 4.79 Å². The van der Waals surface area contributed by atoms with Crippen molar-refractivity contribution in [2.24, 2.45) is 5.92 Å². The predicted octanol–water partition coefficient (Wildman–Crippen LogP) is 3.95. The lowest BCUT2D eigenvalue weighted by Crippen LogP contribution is -2.41. The Morgan fingerprint density at radius 1 is 1.00 bits per heavy atom. The van der Waals surface area contributed by atoms with Crippen molar-refractivity contribution in [2.75, 3.05) is 37.4 Å². The van der Waals surface area contributed by atoms with E-state index in [1.807, 2.05) is 6.07 Å². The number of benzene rings is 2. The van der Waals surface area contributed by atoms with Gasteiger partial charge < -0.3 is 10.2 Å². The second-order valence-electron chi connectivity index (χ2n) is 8.99. The highest BCUT2D eigenvalue weighted by molar-refractivity contribution is 7.89. The van der Waals surface area contributed by atoms with Crippen LogP contribution in [-0.4, -0.2) is 45.8 Å². The van der Waals surface area contributed by atoms with Gasteiger partial charge in [0.15, 0.2) is 11.6 Å². The van der Waals surface area contributed by atoms with Gasteiger partial charge in [0.25, 0.3) is 0 Å². The molecule has 0 unspecified atom stereocenters. The van der Waals surface area contributed by atoms with Crippen LogP contribution >= 0.6 is 0 Å². The van der Waals surface area contributed by atoms with Gasteiger partial charge in [0.2, 0.25) is 15.9 Å². The maximum Gasteiger partial charge on any atom is 0.243 e. The van der Waals surface area contributed by atoms with Gasteiger partial charge >= 0.3 is 0 Å². The standard InChI is InChI=1S/C24H29F2N3O3S/c1-28(2)23-21(25)14-19(15-22(23)26)27-24(30)17-9-11-29(12-10-17)33(31,32)20-8-7-16-5-3-4-6-18(16)13-20/h7-8,13-15,17H,3-6,9-12H2,1-2H3,(H,27,30). The molecule has 0 bridgehead atoms. The summed E-state index contributed by atoms with van der Waals surface area (Å²) in [6.45, 7) is 0.444. The summed E-state index contributed by atoms with van der Waals surface area (Å²) in [5.74, 6) is -2.32. The van der Waals surface area contributed by atoms with Crippen molar-refractivity contribution in [3.8, 4) is 0 Å². The third-order valence-corrected chi connectivity index (χ3v) is 8.41. The lowest BCUT2D eigenvalue weighted by molar-refractivity contribution is -0.120. The molecule has 1 N–H and O–H groups in total. The Morgan fingerprint density at radius 3 is 2.21 bits per heavy atom. The topological polar surface area (TPSA) is 69.7 Å². The molecule has 9 heteroatoms. The molecule has 1 amide bonds. The Kier molecular flexibility index (Phi) is 6.72. The van der Waals surface area contributed by atoms with Crippen molar-refractivity contribution >= 4 is 27.3 Å². The number of amides is 1. The largest absolute Gasteiger partial charge is 0.373 e. The van der Waals surface area contributed by atoms with Gasteiger partial charge in [-0.05, 0) is 73.9 Å². The quantitative estimate of drug-likeness (QED) is 0.708. The van der Waals surface area contributed by atoms with Crippen LogP contribution in [0.2, 0.25) is 0 Å². The van der Waals surface area contributed by atoms with E-state index in [4.69, 9.17) is 0 Å². The average molecular weight is 478 g/mol. The number of halogens is 2. The molecule has 0 atom stereocenters. The van der Waals surface area contributed by atoms with Crippen molar-refractivity contribution in [3.05, 3.63) is 53.1 Å². The summed E-state index contributed by atoms with van der Waals surface area (Å²) in [6.07, 6.45) is 4.78. The highest BCUT2D eigenvalue weighted by atomic mass is 32.2. The molecule has 0 aromatic heterocycles. The number of fused-ring (bicyclic) bond motifs is 1. The van der Waals surface area contributed by atoms with Crippen LogP contribution in [0.4, 0.5) is 20.2 Å². The Hall–Kier alpha value is -2.52. The Bertz CT molecular complexity index is 1140. The van der Waals surface area contributed by atoms with E-state index >= 15 is 0 Å². The minimum Gasteiger partial charge on any atom is -0.373 e. The molecule has 33 heavy (non-hydrogen) atoms. The van der Waals surface area contributed by atoms with E-state index in [9.17, 15) is 22.0 Å². The van der Waals surface area contributed by atoms with E-state index in [-0.39, 0.29) is 30.4 Å². The highest BCUT2D eigenvalue weighted by Crippen LogP contribution is 2.30. The van der Waals surface area contributed by atoms with E-state index in [0.29, 0.717) is 17.7 Å². The average Bonchev–Trinajstić information content (AvgIpc) is 2.78. The Balaban J connectivity index is 1.40. The highest BCUT2D eigenvalue weighted by Gasteiger charge is 2.32. The molecule has 6 nitrogen and oxygen atoms in total. The van der Waals surface area contributed by atoms with Crippen molar-refractivity contribution in [2.45, 2.75) is 43.4 Å². The van der Waals surface area contributed by atoms with Crippen LogP contribution in [0.1, 0.15) is 36.8 Å². The van der Waals surface area contributed by atoms with Gasteiger partial charge in [-0.2, -0.15) is 4.31 Å². The second-order valence-corrected chi connectivity index (χ2v) is 10.9. The summed E-state index contributed by atoms with van der Waals surface area (Å²) in [7, 11) is -0.563. The van der Waals surface area contributed by atoms with Gasteiger partial charge in [0.1, 0.15) is 5.69 Å². The number of rotatable bonds is 5. The number of anilines is 2. The fraction of sp³-hybridized carbons (Fsp3) is 0.458. The van der Waals surface area contributed by atoms with E-state index in [0.717, 1.165) is 43.4 Å². The number of aryl methyl sites for hydroxylation is 2. The molecule has 0 saturated carbocycles. The molecule has 2 aromatic rings. The van der Waals surface area contributed by atoms with Crippen LogP contribution in [0.5, 0.6) is 0 Å². The third kappa shape index (κ3) is 4.89. The van der Waals surface area contributed by atoms with E-state index in [1.54, 1.807) is 12.1 Å². The minimum absolute atomic E-state index is 0.0460. The van der Waals surface area contributed by atoms with Gasteiger partial charge in [-0.15, -0.1) is 0 Å². The number of nitrogens with zero attached hydrogens (tertiary/aromatic N) is 2. The van der Waals surface area contributed by atoms with E-state index < -0.39 is 27.6 Å². The molecule has 1 saturated heterocycles. The molecule has 4 rings (SSSR count). The number of sulfonamides is 1. The first kappa shape index (κ1) is 23.6. The van der Waals surface area contributed by atoms with Crippen LogP contribution in [0.15, 0.2) is 35.2 Å². The molecule has 178 valence electrons. The molecule has 1 aliphatic heterocycles. The summed E-state index contributed by atoms with van der Waals surface area (Å²) in [4.78, 5) is 14.3. The monoisotopic (exact) mass is 477 g/mol. The fourth-order valence-electron chi connectivity index (χ4n) is 4.69. The fourth-order valence-corrected chi connectivity index (χ4v) is 6.21. The van der Waals surface area contributed by atoms with Crippen LogP contribution in [0.3, 0.4) is 0 Å². The smallest absolute Gasteiger partial charge is 0.243 e. The zero-order valence-electron chi connectivity index (χ0n) is 18.9.